The van der Waals surface area contributed by atoms with Gasteiger partial charge in [0, 0.05) is 56.2 Å². The first-order valence-electron chi connectivity index (χ1n) is 12.3. The third-order valence-electron chi connectivity index (χ3n) is 6.27. The molecular formula is C25H42N6O2. The highest BCUT2D eigenvalue weighted by molar-refractivity contribution is 5.92. The maximum atomic E-state index is 12.6. The standard InChI is InChI=1S/C25H42N6O2/c1-5-28-15-17-31(18-16-28)22-9-7-21(8-10-22)26-23(32)19-29-11-6-12-30(14-13-29)20-24(33)27-25(2,3)4/h7-10H,5-6,11-20H2,1-4H3,(H,26,32)(H,27,33). The molecular weight excluding hydrogens is 416 g/mol. The lowest BCUT2D eigenvalue weighted by Gasteiger charge is -2.35. The summed E-state index contributed by atoms with van der Waals surface area (Å²) in [5.41, 5.74) is 1.84. The molecule has 2 aliphatic heterocycles. The number of carbonyl (C=O) groups excluding carboxylic acids is 2. The highest BCUT2D eigenvalue weighted by Crippen LogP contribution is 2.19. The van der Waals surface area contributed by atoms with Gasteiger partial charge in [0.25, 0.3) is 0 Å². The third-order valence-corrected chi connectivity index (χ3v) is 6.27. The maximum Gasteiger partial charge on any atom is 0.238 e. The lowest BCUT2D eigenvalue weighted by Crippen LogP contribution is -2.46. The molecule has 0 saturated carbocycles. The molecule has 8 nitrogen and oxygen atoms in total. The summed E-state index contributed by atoms with van der Waals surface area (Å²) >= 11 is 0. The van der Waals surface area contributed by atoms with Crippen LogP contribution in [-0.2, 0) is 9.59 Å². The van der Waals surface area contributed by atoms with Crippen molar-refractivity contribution in [1.82, 2.24) is 20.0 Å². The minimum absolute atomic E-state index is 0.0123. The van der Waals surface area contributed by atoms with Crippen LogP contribution < -0.4 is 15.5 Å². The van der Waals surface area contributed by atoms with Gasteiger partial charge in [0.2, 0.25) is 11.8 Å². The van der Waals surface area contributed by atoms with Crippen molar-refractivity contribution in [3.8, 4) is 0 Å². The molecule has 0 aromatic heterocycles. The van der Waals surface area contributed by atoms with E-state index in [4.69, 9.17) is 0 Å². The van der Waals surface area contributed by atoms with Gasteiger partial charge in [-0.05, 0) is 71.1 Å². The van der Waals surface area contributed by atoms with E-state index >= 15 is 0 Å². The zero-order valence-corrected chi connectivity index (χ0v) is 20.9. The van der Waals surface area contributed by atoms with Gasteiger partial charge < -0.3 is 20.4 Å². The summed E-state index contributed by atoms with van der Waals surface area (Å²) in [7, 11) is 0. The molecule has 2 fully saturated rings. The van der Waals surface area contributed by atoms with Crippen LogP contribution in [0, 0.1) is 0 Å². The van der Waals surface area contributed by atoms with Gasteiger partial charge in [-0.25, -0.2) is 0 Å². The third kappa shape index (κ3) is 8.61. The summed E-state index contributed by atoms with van der Waals surface area (Å²) in [6, 6.07) is 8.20. The second-order valence-corrected chi connectivity index (χ2v) is 10.2. The van der Waals surface area contributed by atoms with Crippen molar-refractivity contribution in [3.05, 3.63) is 24.3 Å². The summed E-state index contributed by atoms with van der Waals surface area (Å²) in [5.74, 6) is 0.0719. The molecule has 0 bridgehead atoms. The number of piperazine rings is 1. The van der Waals surface area contributed by atoms with Crippen LogP contribution in [0.2, 0.25) is 0 Å². The molecule has 33 heavy (non-hydrogen) atoms. The number of amides is 2. The number of anilines is 2. The van der Waals surface area contributed by atoms with Crippen molar-refractivity contribution in [2.24, 2.45) is 0 Å². The van der Waals surface area contributed by atoms with E-state index in [1.54, 1.807) is 0 Å². The second kappa shape index (κ2) is 11.8. The highest BCUT2D eigenvalue weighted by atomic mass is 16.2. The van der Waals surface area contributed by atoms with Crippen molar-refractivity contribution in [2.75, 3.05) is 82.2 Å². The number of benzene rings is 1. The first-order chi connectivity index (χ1) is 15.7. The van der Waals surface area contributed by atoms with Crippen molar-refractivity contribution in [3.63, 3.8) is 0 Å². The Morgan fingerprint density at radius 1 is 0.788 bits per heavy atom. The van der Waals surface area contributed by atoms with Gasteiger partial charge in [0.05, 0.1) is 13.1 Å². The fraction of sp³-hybridized carbons (Fsp3) is 0.680. The Morgan fingerprint density at radius 3 is 1.88 bits per heavy atom. The Morgan fingerprint density at radius 2 is 1.33 bits per heavy atom. The molecule has 2 amide bonds. The number of rotatable bonds is 7. The molecule has 8 heteroatoms. The van der Waals surface area contributed by atoms with Crippen molar-refractivity contribution in [1.29, 1.82) is 0 Å². The van der Waals surface area contributed by atoms with E-state index in [1.165, 1.54) is 5.69 Å². The van der Waals surface area contributed by atoms with E-state index < -0.39 is 0 Å². The summed E-state index contributed by atoms with van der Waals surface area (Å²) in [4.78, 5) is 34.1. The maximum absolute atomic E-state index is 12.6. The Kier molecular flexibility index (Phi) is 9.11. The molecule has 184 valence electrons. The van der Waals surface area contributed by atoms with Crippen LogP contribution >= 0.6 is 0 Å². The number of nitrogens with zero attached hydrogens (tertiary/aromatic N) is 4. The average Bonchev–Trinajstić information content (AvgIpc) is 2.98. The molecule has 2 N–H and O–H groups in total. The van der Waals surface area contributed by atoms with E-state index in [0.29, 0.717) is 13.1 Å². The van der Waals surface area contributed by atoms with Crippen molar-refractivity contribution < 1.29 is 9.59 Å². The van der Waals surface area contributed by atoms with Crippen LogP contribution in [0.1, 0.15) is 34.1 Å². The smallest absolute Gasteiger partial charge is 0.238 e. The largest absolute Gasteiger partial charge is 0.369 e. The molecule has 2 heterocycles. The van der Waals surface area contributed by atoms with Gasteiger partial charge in [0.1, 0.15) is 0 Å². The van der Waals surface area contributed by atoms with Crippen molar-refractivity contribution >= 4 is 23.2 Å². The Balaban J connectivity index is 1.41. The predicted octanol–water partition coefficient (Wildman–Crippen LogP) is 1.69. The van der Waals surface area contributed by atoms with Crippen LogP contribution in [0.25, 0.3) is 0 Å². The molecule has 3 rings (SSSR count). The van der Waals surface area contributed by atoms with Gasteiger partial charge in [-0.1, -0.05) is 6.92 Å². The number of nitrogens with one attached hydrogen (secondary N) is 2. The molecule has 0 radical (unpaired) electrons. The monoisotopic (exact) mass is 458 g/mol. The number of hydrogen-bond donors (Lipinski definition) is 2. The molecule has 2 aliphatic rings. The fourth-order valence-corrected chi connectivity index (χ4v) is 4.48. The van der Waals surface area contributed by atoms with Crippen LogP contribution in [-0.4, -0.2) is 104 Å². The van der Waals surface area contributed by atoms with E-state index in [1.807, 2.05) is 32.9 Å². The summed E-state index contributed by atoms with van der Waals surface area (Å²) in [6.07, 6.45) is 0.954. The number of hydrogen-bond acceptors (Lipinski definition) is 6. The van der Waals surface area contributed by atoms with Gasteiger partial charge in [-0.3, -0.25) is 19.4 Å². The second-order valence-electron chi connectivity index (χ2n) is 10.2. The summed E-state index contributed by atoms with van der Waals surface area (Å²) in [5, 5.41) is 6.06. The molecule has 0 spiro atoms. The lowest BCUT2D eigenvalue weighted by molar-refractivity contribution is -0.123. The van der Waals surface area contributed by atoms with Crippen molar-refractivity contribution in [2.45, 2.75) is 39.7 Å². The normalized spacial score (nSPS) is 19.2. The van der Waals surface area contributed by atoms with Crippen LogP contribution in [0.3, 0.4) is 0 Å². The van der Waals surface area contributed by atoms with E-state index in [9.17, 15) is 9.59 Å². The van der Waals surface area contributed by atoms with Crippen LogP contribution in [0.5, 0.6) is 0 Å². The number of carbonyl (C=O) groups is 2. The van der Waals surface area contributed by atoms with Crippen LogP contribution in [0.4, 0.5) is 11.4 Å². The predicted molar refractivity (Wildman–Crippen MR) is 135 cm³/mol. The Labute approximate surface area is 199 Å². The lowest BCUT2D eigenvalue weighted by atomic mass is 10.1. The molecule has 1 aromatic carbocycles. The average molecular weight is 459 g/mol. The zero-order valence-electron chi connectivity index (χ0n) is 20.9. The molecule has 0 unspecified atom stereocenters. The first kappa shape index (κ1) is 25.5. The Bertz CT molecular complexity index is 768. The molecule has 1 aromatic rings. The minimum atomic E-state index is -0.213. The SMILES string of the molecule is CCN1CCN(c2ccc(NC(=O)CN3CCCN(CC(=O)NC(C)(C)C)CC3)cc2)CC1. The van der Waals surface area contributed by atoms with Gasteiger partial charge in [-0.2, -0.15) is 0 Å². The molecule has 0 atom stereocenters. The van der Waals surface area contributed by atoms with E-state index in [0.717, 1.165) is 71.0 Å². The first-order valence-corrected chi connectivity index (χ1v) is 12.3. The molecule has 0 aliphatic carbocycles. The molecule has 2 saturated heterocycles. The quantitative estimate of drug-likeness (QED) is 0.648. The van der Waals surface area contributed by atoms with Crippen LogP contribution in [0.15, 0.2) is 24.3 Å². The van der Waals surface area contributed by atoms with Gasteiger partial charge in [-0.15, -0.1) is 0 Å². The van der Waals surface area contributed by atoms with Gasteiger partial charge >= 0.3 is 0 Å². The van der Waals surface area contributed by atoms with E-state index in [2.05, 4.69) is 49.3 Å². The fourth-order valence-electron chi connectivity index (χ4n) is 4.48. The topological polar surface area (TPSA) is 71.2 Å². The van der Waals surface area contributed by atoms with E-state index in [-0.39, 0.29) is 17.4 Å². The highest BCUT2D eigenvalue weighted by Gasteiger charge is 2.21. The zero-order chi connectivity index (χ0) is 23.8. The number of likely N-dealkylation sites (N-methyl/N-ethyl adjacent to an activating group) is 1. The summed E-state index contributed by atoms with van der Waals surface area (Å²) in [6.45, 7) is 17.7. The summed E-state index contributed by atoms with van der Waals surface area (Å²) < 4.78 is 0. The minimum Gasteiger partial charge on any atom is -0.369 e. The van der Waals surface area contributed by atoms with Gasteiger partial charge in [0.15, 0.2) is 0 Å². The Hall–Kier alpha value is -2.16.